The van der Waals surface area contributed by atoms with Crippen LogP contribution in [0.1, 0.15) is 11.5 Å². The molecule has 0 aliphatic carbocycles. The third-order valence-corrected chi connectivity index (χ3v) is 2.21. The number of hydrogen-bond acceptors (Lipinski definition) is 4. The van der Waals surface area contributed by atoms with E-state index in [4.69, 9.17) is 9.15 Å². The quantitative estimate of drug-likeness (QED) is 0.718. The van der Waals surface area contributed by atoms with Crippen LogP contribution in [0.2, 0.25) is 0 Å². The van der Waals surface area contributed by atoms with E-state index in [0.29, 0.717) is 29.2 Å². The van der Waals surface area contributed by atoms with Gasteiger partial charge < -0.3 is 13.9 Å². The number of carbonyl (C=O) groups is 1. The van der Waals surface area contributed by atoms with Crippen molar-refractivity contribution >= 4 is 17.4 Å². The van der Waals surface area contributed by atoms with Crippen molar-refractivity contribution in [3.8, 4) is 5.75 Å². The highest BCUT2D eigenvalue weighted by atomic mass is 16.5. The van der Waals surface area contributed by atoms with Crippen LogP contribution in [0.25, 0.3) is 11.1 Å². The van der Waals surface area contributed by atoms with Gasteiger partial charge in [-0.25, -0.2) is 4.98 Å². The number of aryl methyl sites for hydroxylation is 1. The van der Waals surface area contributed by atoms with Crippen molar-refractivity contribution in [2.24, 2.45) is 0 Å². The lowest BCUT2D eigenvalue weighted by atomic mass is 10.1. The Kier molecular flexibility index (Phi) is 2.41. The Labute approximate surface area is 86.9 Å². The number of fused-ring (bicyclic) bond motifs is 1. The molecule has 78 valence electrons. The zero-order valence-electron chi connectivity index (χ0n) is 8.61. The lowest BCUT2D eigenvalue weighted by Gasteiger charge is -2.04. The Hall–Kier alpha value is -1.84. The molecule has 1 aromatic carbocycles. The minimum Gasteiger partial charge on any atom is -0.494 e. The molecule has 0 amide bonds. The van der Waals surface area contributed by atoms with Crippen LogP contribution in [0, 0.1) is 6.92 Å². The fourth-order valence-corrected chi connectivity index (χ4v) is 1.60. The minimum absolute atomic E-state index is 0.324. The molecule has 15 heavy (non-hydrogen) atoms. The van der Waals surface area contributed by atoms with E-state index >= 15 is 0 Å². The summed E-state index contributed by atoms with van der Waals surface area (Å²) in [5.74, 6) is 1.21. The summed E-state index contributed by atoms with van der Waals surface area (Å²) in [6.45, 7) is 1.78. The van der Waals surface area contributed by atoms with Crippen LogP contribution in [0.4, 0.5) is 0 Å². The summed E-state index contributed by atoms with van der Waals surface area (Å²) in [5, 5.41) is 0. The van der Waals surface area contributed by atoms with E-state index in [-0.39, 0.29) is 0 Å². The number of rotatable bonds is 3. The molecule has 0 unspecified atom stereocenters. The van der Waals surface area contributed by atoms with Gasteiger partial charge in [0.25, 0.3) is 0 Å². The normalized spacial score (nSPS) is 10.5. The second-order valence-corrected chi connectivity index (χ2v) is 3.21. The van der Waals surface area contributed by atoms with Crippen LogP contribution < -0.4 is 4.74 Å². The zero-order chi connectivity index (χ0) is 10.8. The number of benzene rings is 1. The minimum atomic E-state index is 0.324. The second kappa shape index (κ2) is 3.73. The first-order chi connectivity index (χ1) is 7.26. The van der Waals surface area contributed by atoms with Gasteiger partial charge in [0.15, 0.2) is 22.7 Å². The van der Waals surface area contributed by atoms with Crippen molar-refractivity contribution in [2.45, 2.75) is 13.3 Å². The summed E-state index contributed by atoms with van der Waals surface area (Å²) >= 11 is 0. The molecule has 0 radical (unpaired) electrons. The second-order valence-electron chi connectivity index (χ2n) is 3.21. The van der Waals surface area contributed by atoms with Gasteiger partial charge in [0.05, 0.1) is 7.11 Å². The Morgan fingerprint density at radius 2 is 2.33 bits per heavy atom. The van der Waals surface area contributed by atoms with Gasteiger partial charge in [-0.05, 0) is 6.07 Å². The molecule has 0 atom stereocenters. The van der Waals surface area contributed by atoms with E-state index in [1.165, 1.54) is 0 Å². The van der Waals surface area contributed by atoms with Crippen molar-refractivity contribution in [2.75, 3.05) is 7.11 Å². The van der Waals surface area contributed by atoms with Gasteiger partial charge in [-0.1, -0.05) is 6.07 Å². The fourth-order valence-electron chi connectivity index (χ4n) is 1.60. The maximum absolute atomic E-state index is 10.5. The molecule has 1 aromatic heterocycles. The van der Waals surface area contributed by atoms with Gasteiger partial charge >= 0.3 is 0 Å². The van der Waals surface area contributed by atoms with Crippen LogP contribution in [0.15, 0.2) is 16.5 Å². The third kappa shape index (κ3) is 1.58. The lowest BCUT2D eigenvalue weighted by molar-refractivity contribution is -0.107. The largest absolute Gasteiger partial charge is 0.494 e. The van der Waals surface area contributed by atoms with Crippen LogP contribution in [0.3, 0.4) is 0 Å². The van der Waals surface area contributed by atoms with E-state index in [2.05, 4.69) is 4.98 Å². The summed E-state index contributed by atoms with van der Waals surface area (Å²) in [6.07, 6.45) is 1.17. The van der Waals surface area contributed by atoms with Crippen molar-refractivity contribution < 1.29 is 13.9 Å². The number of carbonyl (C=O) groups excluding carboxylic acids is 1. The summed E-state index contributed by atoms with van der Waals surface area (Å²) in [6, 6.07) is 3.62. The Morgan fingerprint density at radius 1 is 1.53 bits per heavy atom. The van der Waals surface area contributed by atoms with Gasteiger partial charge in [-0.2, -0.15) is 0 Å². The number of ether oxygens (including phenoxy) is 1. The highest BCUT2D eigenvalue weighted by Crippen LogP contribution is 2.29. The lowest BCUT2D eigenvalue weighted by Crippen LogP contribution is -1.93. The van der Waals surface area contributed by atoms with E-state index in [1.54, 1.807) is 20.1 Å². The van der Waals surface area contributed by atoms with E-state index < -0.39 is 0 Å². The van der Waals surface area contributed by atoms with Crippen molar-refractivity contribution in [1.82, 2.24) is 4.98 Å². The van der Waals surface area contributed by atoms with Crippen LogP contribution in [0.5, 0.6) is 5.75 Å². The van der Waals surface area contributed by atoms with Gasteiger partial charge in [-0.3, -0.25) is 0 Å². The molecule has 0 N–H and O–H groups in total. The summed E-state index contributed by atoms with van der Waals surface area (Å²) in [4.78, 5) is 14.7. The maximum atomic E-state index is 10.5. The Morgan fingerprint density at radius 3 is 3.00 bits per heavy atom. The zero-order valence-corrected chi connectivity index (χ0v) is 8.61. The van der Waals surface area contributed by atoms with E-state index in [0.717, 1.165) is 11.8 Å². The van der Waals surface area contributed by atoms with Crippen LogP contribution in [-0.2, 0) is 11.2 Å². The molecular formula is C11H11NO3. The van der Waals surface area contributed by atoms with Gasteiger partial charge in [0.2, 0.25) is 0 Å². The van der Waals surface area contributed by atoms with Gasteiger partial charge in [0, 0.05) is 18.9 Å². The van der Waals surface area contributed by atoms with E-state index in [9.17, 15) is 4.79 Å². The number of methoxy groups -OCH3 is 1. The van der Waals surface area contributed by atoms with E-state index in [1.807, 2.05) is 6.07 Å². The summed E-state index contributed by atoms with van der Waals surface area (Å²) < 4.78 is 10.6. The van der Waals surface area contributed by atoms with Crippen LogP contribution in [-0.4, -0.2) is 18.4 Å². The first-order valence-corrected chi connectivity index (χ1v) is 4.63. The maximum Gasteiger partial charge on any atom is 0.192 e. The molecule has 1 heterocycles. The topological polar surface area (TPSA) is 52.3 Å². The number of nitrogens with zero attached hydrogens (tertiary/aromatic N) is 1. The molecule has 0 saturated carbocycles. The average molecular weight is 205 g/mol. The average Bonchev–Trinajstić information content (AvgIpc) is 2.58. The number of hydrogen-bond donors (Lipinski definition) is 0. The molecule has 2 rings (SSSR count). The molecule has 4 nitrogen and oxygen atoms in total. The van der Waals surface area contributed by atoms with Gasteiger partial charge in [-0.15, -0.1) is 0 Å². The molecule has 0 saturated heterocycles. The van der Waals surface area contributed by atoms with Crippen molar-refractivity contribution in [3.05, 3.63) is 23.6 Å². The Bertz CT molecular complexity index is 502. The molecule has 0 aliphatic heterocycles. The third-order valence-electron chi connectivity index (χ3n) is 2.21. The first-order valence-electron chi connectivity index (χ1n) is 4.63. The molecule has 2 aromatic rings. The smallest absolute Gasteiger partial charge is 0.192 e. The summed E-state index contributed by atoms with van der Waals surface area (Å²) in [5.41, 5.74) is 2.18. The molecule has 0 aliphatic rings. The molecule has 0 spiro atoms. The predicted molar refractivity (Wildman–Crippen MR) is 55.1 cm³/mol. The predicted octanol–water partition coefficient (Wildman–Crippen LogP) is 1.89. The molecule has 4 heteroatoms. The first kappa shape index (κ1) is 9.71. The van der Waals surface area contributed by atoms with Crippen molar-refractivity contribution in [1.29, 1.82) is 0 Å². The molecule has 0 fully saturated rings. The number of aldehydes is 1. The van der Waals surface area contributed by atoms with Gasteiger partial charge in [0.1, 0.15) is 6.29 Å². The monoisotopic (exact) mass is 205 g/mol. The highest BCUT2D eigenvalue weighted by Gasteiger charge is 2.12. The molecule has 0 bridgehead atoms. The van der Waals surface area contributed by atoms with Crippen LogP contribution >= 0.6 is 0 Å². The fraction of sp³-hybridized carbons (Fsp3) is 0.273. The highest BCUT2D eigenvalue weighted by molar-refractivity contribution is 5.82. The summed E-state index contributed by atoms with van der Waals surface area (Å²) in [7, 11) is 1.56. The number of oxazole rings is 1. The standard InChI is InChI=1S/C11H11NO3/c1-7-12-10-9(15-7)4-3-8(5-6-13)11(10)14-2/h3-4,6H,5H2,1-2H3. The van der Waals surface area contributed by atoms with Crippen molar-refractivity contribution in [3.63, 3.8) is 0 Å². The SMILES string of the molecule is COc1c(CC=O)ccc2oc(C)nc12. The Balaban J connectivity index is 2.68. The molecular weight excluding hydrogens is 194 g/mol. The number of aromatic nitrogens is 1.